The van der Waals surface area contributed by atoms with Gasteiger partial charge in [0.05, 0.1) is 5.41 Å². The predicted octanol–water partition coefficient (Wildman–Crippen LogP) is 10.1. The third-order valence-corrected chi connectivity index (χ3v) is 9.94. The van der Waals surface area contributed by atoms with Crippen molar-refractivity contribution in [3.63, 3.8) is 0 Å². The summed E-state index contributed by atoms with van der Waals surface area (Å²) in [5, 5.41) is 8.77. The third kappa shape index (κ3) is 3.52. The van der Waals surface area contributed by atoms with Crippen LogP contribution in [0.15, 0.2) is 150 Å². The molecule has 0 saturated carbocycles. The molecule has 1 heterocycles. The standard InChI is InChI=1S/C42H30N2O/c1-41(2)33-21-8-10-23-35(33)42(36-24-11-9-22-34(36)41)32-20-7-6-18-31(32)38-30(19-13-25-37(38)42)28-16-12-17-29(26-28)40-44-43-39(45-40)27-14-4-3-5-15-27/h3-26H,1-2H3. The van der Waals surface area contributed by atoms with Crippen LogP contribution in [0.25, 0.3) is 45.2 Å². The summed E-state index contributed by atoms with van der Waals surface area (Å²) in [5.41, 5.74) is 14.3. The minimum atomic E-state index is -0.417. The number of hydrogen-bond donors (Lipinski definition) is 0. The van der Waals surface area contributed by atoms with Crippen molar-refractivity contribution >= 4 is 0 Å². The van der Waals surface area contributed by atoms with Gasteiger partial charge in [0, 0.05) is 16.5 Å². The largest absolute Gasteiger partial charge is 0.416 e. The van der Waals surface area contributed by atoms with Gasteiger partial charge in [0.15, 0.2) is 0 Å². The van der Waals surface area contributed by atoms with E-state index >= 15 is 0 Å². The summed E-state index contributed by atoms with van der Waals surface area (Å²) in [6, 6.07) is 52.3. The molecule has 7 aromatic rings. The number of aromatic nitrogens is 2. The lowest BCUT2D eigenvalue weighted by atomic mass is 9.55. The molecule has 214 valence electrons. The van der Waals surface area contributed by atoms with Crippen LogP contribution in [0.4, 0.5) is 0 Å². The second-order valence-electron chi connectivity index (χ2n) is 12.6. The van der Waals surface area contributed by atoms with Crippen LogP contribution in [0.2, 0.25) is 0 Å². The summed E-state index contributed by atoms with van der Waals surface area (Å²) in [6.07, 6.45) is 0. The fourth-order valence-corrected chi connectivity index (χ4v) is 8.01. The highest BCUT2D eigenvalue weighted by Gasteiger charge is 2.53. The Morgan fingerprint density at radius 1 is 0.422 bits per heavy atom. The molecule has 1 aromatic heterocycles. The van der Waals surface area contributed by atoms with Gasteiger partial charge in [-0.3, -0.25) is 0 Å². The first kappa shape index (κ1) is 25.9. The van der Waals surface area contributed by atoms with E-state index in [1.807, 2.05) is 36.4 Å². The van der Waals surface area contributed by atoms with Crippen LogP contribution in [-0.4, -0.2) is 10.2 Å². The van der Waals surface area contributed by atoms with Crippen LogP contribution in [0.1, 0.15) is 47.2 Å². The van der Waals surface area contributed by atoms with Crippen molar-refractivity contribution in [2.75, 3.05) is 0 Å². The lowest BCUT2D eigenvalue weighted by Crippen LogP contribution is -2.40. The van der Waals surface area contributed by atoms with E-state index in [0.29, 0.717) is 11.8 Å². The van der Waals surface area contributed by atoms with Gasteiger partial charge in [-0.05, 0) is 79.9 Å². The molecule has 2 aliphatic rings. The smallest absolute Gasteiger partial charge is 0.248 e. The van der Waals surface area contributed by atoms with Crippen LogP contribution >= 0.6 is 0 Å². The SMILES string of the molecule is CC1(C)c2ccccc2C2(c3ccccc3-c3c(-c4cccc(-c5nnc(-c6ccccc6)o5)c4)cccc32)c2ccccc21. The molecule has 3 heteroatoms. The second-order valence-corrected chi connectivity index (χ2v) is 12.6. The highest BCUT2D eigenvalue weighted by atomic mass is 16.4. The zero-order valence-electron chi connectivity index (χ0n) is 25.2. The molecule has 0 aliphatic heterocycles. The second kappa shape index (κ2) is 9.48. The van der Waals surface area contributed by atoms with Gasteiger partial charge >= 0.3 is 0 Å². The number of hydrogen-bond acceptors (Lipinski definition) is 3. The average molecular weight is 579 g/mol. The Bertz CT molecular complexity index is 2210. The third-order valence-electron chi connectivity index (χ3n) is 9.94. The summed E-state index contributed by atoms with van der Waals surface area (Å²) in [7, 11) is 0. The topological polar surface area (TPSA) is 38.9 Å². The first-order valence-corrected chi connectivity index (χ1v) is 15.5. The Morgan fingerprint density at radius 3 is 1.62 bits per heavy atom. The lowest BCUT2D eigenvalue weighted by molar-refractivity contribution is 0.563. The molecule has 0 atom stereocenters. The number of fused-ring (bicyclic) bond motifs is 9. The minimum absolute atomic E-state index is 0.120. The molecule has 6 aromatic carbocycles. The van der Waals surface area contributed by atoms with E-state index in [1.165, 1.54) is 50.1 Å². The van der Waals surface area contributed by atoms with Crippen molar-refractivity contribution in [3.8, 4) is 45.2 Å². The first-order chi connectivity index (χ1) is 22.1. The summed E-state index contributed by atoms with van der Waals surface area (Å²) in [6.45, 7) is 4.73. The summed E-state index contributed by atoms with van der Waals surface area (Å²) < 4.78 is 6.16. The Balaban J connectivity index is 1.28. The maximum Gasteiger partial charge on any atom is 0.248 e. The zero-order chi connectivity index (χ0) is 30.2. The molecule has 2 aliphatic carbocycles. The molecule has 3 nitrogen and oxygen atoms in total. The molecular formula is C42H30N2O. The van der Waals surface area contributed by atoms with Gasteiger partial charge in [-0.2, -0.15) is 0 Å². The highest BCUT2D eigenvalue weighted by molar-refractivity contribution is 5.96. The monoisotopic (exact) mass is 578 g/mol. The molecule has 0 bridgehead atoms. The van der Waals surface area contributed by atoms with E-state index in [1.54, 1.807) is 0 Å². The van der Waals surface area contributed by atoms with Gasteiger partial charge in [0.25, 0.3) is 0 Å². The fraction of sp³-hybridized carbons (Fsp3) is 0.0952. The molecule has 45 heavy (non-hydrogen) atoms. The van der Waals surface area contributed by atoms with Gasteiger partial charge in [-0.1, -0.05) is 135 Å². The summed E-state index contributed by atoms with van der Waals surface area (Å²) in [5.74, 6) is 1.03. The maximum atomic E-state index is 6.16. The van der Waals surface area contributed by atoms with Crippen molar-refractivity contribution in [3.05, 3.63) is 179 Å². The van der Waals surface area contributed by atoms with Crippen LogP contribution in [0, 0.1) is 0 Å². The summed E-state index contributed by atoms with van der Waals surface area (Å²) >= 11 is 0. The molecule has 0 amide bonds. The molecule has 0 fully saturated rings. The van der Waals surface area contributed by atoms with Crippen LogP contribution in [0.3, 0.4) is 0 Å². The predicted molar refractivity (Wildman–Crippen MR) is 180 cm³/mol. The van der Waals surface area contributed by atoms with Crippen molar-refractivity contribution < 1.29 is 4.42 Å². The first-order valence-electron chi connectivity index (χ1n) is 15.5. The van der Waals surface area contributed by atoms with Gasteiger partial charge < -0.3 is 4.42 Å². The van der Waals surface area contributed by atoms with Crippen molar-refractivity contribution in [2.45, 2.75) is 24.7 Å². The Morgan fingerprint density at radius 2 is 0.911 bits per heavy atom. The van der Waals surface area contributed by atoms with Gasteiger partial charge in [0.2, 0.25) is 11.8 Å². The fourth-order valence-electron chi connectivity index (χ4n) is 8.01. The van der Waals surface area contributed by atoms with E-state index in [9.17, 15) is 0 Å². The van der Waals surface area contributed by atoms with Crippen LogP contribution < -0.4 is 0 Å². The molecule has 9 rings (SSSR count). The van der Waals surface area contributed by atoms with Crippen LogP contribution in [0.5, 0.6) is 0 Å². The van der Waals surface area contributed by atoms with E-state index < -0.39 is 5.41 Å². The lowest BCUT2D eigenvalue weighted by Gasteiger charge is -2.46. The van der Waals surface area contributed by atoms with Crippen molar-refractivity contribution in [1.82, 2.24) is 10.2 Å². The molecule has 0 radical (unpaired) electrons. The Labute approximate surface area is 262 Å². The van der Waals surface area contributed by atoms with Crippen molar-refractivity contribution in [1.29, 1.82) is 0 Å². The molecule has 0 N–H and O–H groups in total. The van der Waals surface area contributed by atoms with Gasteiger partial charge in [0.1, 0.15) is 0 Å². The maximum absolute atomic E-state index is 6.16. The van der Waals surface area contributed by atoms with Crippen LogP contribution in [-0.2, 0) is 10.8 Å². The Kier molecular flexibility index (Phi) is 5.46. The molecule has 0 unspecified atom stereocenters. The minimum Gasteiger partial charge on any atom is -0.416 e. The quantitative estimate of drug-likeness (QED) is 0.209. The van der Waals surface area contributed by atoms with E-state index in [-0.39, 0.29) is 5.41 Å². The van der Waals surface area contributed by atoms with E-state index in [4.69, 9.17) is 4.42 Å². The van der Waals surface area contributed by atoms with Gasteiger partial charge in [-0.25, -0.2) is 0 Å². The van der Waals surface area contributed by atoms with Gasteiger partial charge in [-0.15, -0.1) is 10.2 Å². The molecular weight excluding hydrogens is 548 g/mol. The number of benzene rings is 6. The van der Waals surface area contributed by atoms with Crippen molar-refractivity contribution in [2.24, 2.45) is 0 Å². The number of nitrogens with zero attached hydrogens (tertiary/aromatic N) is 2. The van der Waals surface area contributed by atoms with E-state index in [2.05, 4.69) is 133 Å². The van der Waals surface area contributed by atoms with E-state index in [0.717, 1.165) is 16.7 Å². The normalized spacial score (nSPS) is 14.8. The number of rotatable bonds is 3. The highest BCUT2D eigenvalue weighted by Crippen LogP contribution is 2.63. The average Bonchev–Trinajstić information content (AvgIpc) is 3.71. The zero-order valence-corrected chi connectivity index (χ0v) is 25.2. The molecule has 1 spiro atoms. The summed E-state index contributed by atoms with van der Waals surface area (Å²) in [4.78, 5) is 0. The Hall–Kier alpha value is -5.54. The molecule has 0 saturated heterocycles.